The maximum Gasteiger partial charge on any atom is 0.161 e. The van der Waals surface area contributed by atoms with Crippen LogP contribution >= 0.6 is 0 Å². The number of aromatic nitrogens is 3. The molecule has 0 aliphatic heterocycles. The number of hydrogen-bond donors (Lipinski definition) is 1. The van der Waals surface area contributed by atoms with Crippen LogP contribution in [-0.4, -0.2) is 15.0 Å². The highest BCUT2D eigenvalue weighted by atomic mass is 14.9. The van der Waals surface area contributed by atoms with E-state index in [4.69, 9.17) is 5.73 Å². The third-order valence-corrected chi connectivity index (χ3v) is 1.83. The fraction of sp³-hybridized carbons (Fsp3) is 0.100. The van der Waals surface area contributed by atoms with Crippen molar-refractivity contribution in [3.63, 3.8) is 0 Å². The van der Waals surface area contributed by atoms with Crippen LogP contribution in [0.3, 0.4) is 0 Å². The van der Waals surface area contributed by atoms with Crippen molar-refractivity contribution in [3.05, 3.63) is 36.3 Å². The summed E-state index contributed by atoms with van der Waals surface area (Å²) in [5.74, 6) is 1.11. The van der Waals surface area contributed by atoms with E-state index in [9.17, 15) is 0 Å². The van der Waals surface area contributed by atoms with Gasteiger partial charge in [-0.15, -0.1) is 0 Å². The van der Waals surface area contributed by atoms with Crippen molar-refractivity contribution in [2.24, 2.45) is 0 Å². The number of aryl methyl sites for hydroxylation is 1. The molecule has 0 spiro atoms. The molecular weight excluding hydrogens is 176 g/mol. The molecule has 2 aromatic rings. The number of rotatable bonds is 1. The predicted molar refractivity (Wildman–Crippen MR) is 54.4 cm³/mol. The molecule has 0 atom stereocenters. The van der Waals surface area contributed by atoms with Crippen LogP contribution in [0.2, 0.25) is 0 Å². The Kier molecular flexibility index (Phi) is 2.10. The van der Waals surface area contributed by atoms with Crippen LogP contribution in [0.5, 0.6) is 0 Å². The van der Waals surface area contributed by atoms with E-state index < -0.39 is 0 Å². The van der Waals surface area contributed by atoms with Crippen molar-refractivity contribution in [2.45, 2.75) is 6.92 Å². The number of hydrogen-bond acceptors (Lipinski definition) is 4. The molecule has 70 valence electrons. The summed E-state index contributed by atoms with van der Waals surface area (Å²) < 4.78 is 0. The van der Waals surface area contributed by atoms with Crippen molar-refractivity contribution in [1.82, 2.24) is 15.0 Å². The van der Waals surface area contributed by atoms with Crippen molar-refractivity contribution in [2.75, 3.05) is 5.73 Å². The summed E-state index contributed by atoms with van der Waals surface area (Å²) in [5.41, 5.74) is 7.44. The Hall–Kier alpha value is -1.97. The van der Waals surface area contributed by atoms with Gasteiger partial charge < -0.3 is 5.73 Å². The van der Waals surface area contributed by atoms with E-state index >= 15 is 0 Å². The van der Waals surface area contributed by atoms with E-state index in [-0.39, 0.29) is 0 Å². The standard InChI is InChI=1S/C10H10N4/c1-7-6-8(2-4-12-7)10-13-5-3-9(11)14-10/h2-6H,1H3,(H2,11,13,14). The fourth-order valence-electron chi connectivity index (χ4n) is 1.20. The zero-order chi connectivity index (χ0) is 9.97. The fourth-order valence-corrected chi connectivity index (χ4v) is 1.20. The molecule has 2 N–H and O–H groups in total. The minimum Gasteiger partial charge on any atom is -0.384 e. The molecule has 0 fully saturated rings. The molecule has 0 amide bonds. The lowest BCUT2D eigenvalue weighted by atomic mass is 10.2. The summed E-state index contributed by atoms with van der Waals surface area (Å²) in [6, 6.07) is 5.45. The predicted octanol–water partition coefficient (Wildman–Crippen LogP) is 1.43. The Morgan fingerprint density at radius 3 is 2.64 bits per heavy atom. The topological polar surface area (TPSA) is 64.7 Å². The minimum atomic E-state index is 0.476. The molecule has 2 heterocycles. The first kappa shape index (κ1) is 8.62. The Labute approximate surface area is 81.9 Å². The second-order valence-electron chi connectivity index (χ2n) is 2.99. The van der Waals surface area contributed by atoms with Crippen molar-refractivity contribution >= 4 is 5.82 Å². The first-order valence-corrected chi connectivity index (χ1v) is 4.27. The van der Waals surface area contributed by atoms with Gasteiger partial charge in [-0.25, -0.2) is 9.97 Å². The van der Waals surface area contributed by atoms with Crippen LogP contribution in [0.4, 0.5) is 5.82 Å². The van der Waals surface area contributed by atoms with Crippen LogP contribution in [0.1, 0.15) is 5.69 Å². The molecule has 0 saturated carbocycles. The van der Waals surface area contributed by atoms with Gasteiger partial charge in [0, 0.05) is 23.7 Å². The van der Waals surface area contributed by atoms with E-state index in [0.29, 0.717) is 11.6 Å². The van der Waals surface area contributed by atoms with Crippen molar-refractivity contribution < 1.29 is 0 Å². The van der Waals surface area contributed by atoms with Gasteiger partial charge in [0.2, 0.25) is 0 Å². The molecule has 4 nitrogen and oxygen atoms in total. The lowest BCUT2D eigenvalue weighted by Crippen LogP contribution is -1.94. The first-order chi connectivity index (χ1) is 6.75. The van der Waals surface area contributed by atoms with E-state index in [1.807, 2.05) is 19.1 Å². The Morgan fingerprint density at radius 1 is 1.14 bits per heavy atom. The maximum absolute atomic E-state index is 5.57. The Balaban J connectivity index is 2.49. The summed E-state index contributed by atoms with van der Waals surface area (Å²) in [6.45, 7) is 1.93. The van der Waals surface area contributed by atoms with Gasteiger partial charge in [-0.2, -0.15) is 0 Å². The normalized spacial score (nSPS) is 10.1. The molecule has 0 radical (unpaired) electrons. The third-order valence-electron chi connectivity index (χ3n) is 1.83. The van der Waals surface area contributed by atoms with E-state index in [1.165, 1.54) is 0 Å². The van der Waals surface area contributed by atoms with Gasteiger partial charge in [0.25, 0.3) is 0 Å². The zero-order valence-electron chi connectivity index (χ0n) is 7.81. The van der Waals surface area contributed by atoms with E-state index in [2.05, 4.69) is 15.0 Å². The molecule has 2 aromatic heterocycles. The van der Waals surface area contributed by atoms with Crippen molar-refractivity contribution in [3.8, 4) is 11.4 Å². The second-order valence-corrected chi connectivity index (χ2v) is 2.99. The van der Waals surface area contributed by atoms with Gasteiger partial charge in [0.05, 0.1) is 0 Å². The van der Waals surface area contributed by atoms with Crippen LogP contribution in [0, 0.1) is 6.92 Å². The third kappa shape index (κ3) is 1.69. The van der Waals surface area contributed by atoms with Gasteiger partial charge in [0.15, 0.2) is 5.82 Å². The molecule has 0 bridgehead atoms. The largest absolute Gasteiger partial charge is 0.384 e. The lowest BCUT2D eigenvalue weighted by Gasteiger charge is -2.00. The van der Waals surface area contributed by atoms with Gasteiger partial charge in [0.1, 0.15) is 5.82 Å². The Bertz CT molecular complexity index is 410. The molecule has 0 unspecified atom stereocenters. The summed E-state index contributed by atoms with van der Waals surface area (Å²) in [6.07, 6.45) is 3.38. The van der Waals surface area contributed by atoms with Crippen molar-refractivity contribution in [1.29, 1.82) is 0 Å². The molecule has 0 aromatic carbocycles. The van der Waals surface area contributed by atoms with Gasteiger partial charge in [-0.05, 0) is 25.1 Å². The lowest BCUT2D eigenvalue weighted by molar-refractivity contribution is 1.15. The number of nitrogens with two attached hydrogens (primary N) is 1. The number of nitrogen functional groups attached to an aromatic ring is 1. The van der Waals surface area contributed by atoms with Crippen LogP contribution in [-0.2, 0) is 0 Å². The van der Waals surface area contributed by atoms with Gasteiger partial charge >= 0.3 is 0 Å². The second kappa shape index (κ2) is 3.41. The molecule has 0 saturated heterocycles. The Morgan fingerprint density at radius 2 is 1.93 bits per heavy atom. The summed E-state index contributed by atoms with van der Waals surface area (Å²) in [5, 5.41) is 0. The van der Waals surface area contributed by atoms with E-state index in [1.54, 1.807) is 18.5 Å². The van der Waals surface area contributed by atoms with E-state index in [0.717, 1.165) is 11.3 Å². The average molecular weight is 186 g/mol. The number of pyridine rings is 1. The smallest absolute Gasteiger partial charge is 0.161 e. The summed E-state index contributed by atoms with van der Waals surface area (Å²) in [7, 11) is 0. The highest BCUT2D eigenvalue weighted by Crippen LogP contribution is 2.14. The monoisotopic (exact) mass is 186 g/mol. The molecule has 4 heteroatoms. The van der Waals surface area contributed by atoms with Gasteiger partial charge in [-0.3, -0.25) is 4.98 Å². The number of anilines is 1. The number of nitrogens with zero attached hydrogens (tertiary/aromatic N) is 3. The summed E-state index contributed by atoms with van der Waals surface area (Å²) in [4.78, 5) is 12.4. The zero-order valence-corrected chi connectivity index (χ0v) is 7.81. The molecule has 0 aliphatic rings. The minimum absolute atomic E-state index is 0.476. The highest BCUT2D eigenvalue weighted by Gasteiger charge is 2.00. The van der Waals surface area contributed by atoms with Crippen LogP contribution < -0.4 is 5.73 Å². The van der Waals surface area contributed by atoms with Gasteiger partial charge in [-0.1, -0.05) is 0 Å². The molecular formula is C10H10N4. The molecule has 14 heavy (non-hydrogen) atoms. The molecule has 2 rings (SSSR count). The highest BCUT2D eigenvalue weighted by molar-refractivity contribution is 5.56. The SMILES string of the molecule is Cc1cc(-c2nccc(N)n2)ccn1. The molecule has 0 aliphatic carbocycles. The average Bonchev–Trinajstić information content (AvgIpc) is 2.18. The van der Waals surface area contributed by atoms with Crippen LogP contribution in [0.15, 0.2) is 30.6 Å². The first-order valence-electron chi connectivity index (χ1n) is 4.27. The van der Waals surface area contributed by atoms with Crippen LogP contribution in [0.25, 0.3) is 11.4 Å². The quantitative estimate of drug-likeness (QED) is 0.731. The maximum atomic E-state index is 5.57. The summed E-state index contributed by atoms with van der Waals surface area (Å²) >= 11 is 0.